The Morgan fingerprint density at radius 1 is 0.909 bits per heavy atom. The monoisotopic (exact) mass is 462 g/mol. The molecule has 3 aromatic rings. The molecule has 2 N–H and O–H groups in total. The highest BCUT2D eigenvalue weighted by Gasteiger charge is 2.23. The van der Waals surface area contributed by atoms with E-state index < -0.39 is 21.2 Å². The molecule has 6 heteroatoms. The lowest BCUT2D eigenvalue weighted by Crippen LogP contribution is -2.49. The summed E-state index contributed by atoms with van der Waals surface area (Å²) in [6.45, 7) is 6.68. The van der Waals surface area contributed by atoms with Gasteiger partial charge in [0.1, 0.15) is 6.61 Å². The molecule has 0 saturated heterocycles. The normalized spacial score (nSPS) is 12.4. The molecule has 1 amide bonds. The van der Waals surface area contributed by atoms with Gasteiger partial charge in [0.15, 0.2) is 0 Å². The first-order valence-corrected chi connectivity index (χ1v) is 12.5. The van der Waals surface area contributed by atoms with Crippen LogP contribution < -0.4 is 15.7 Å². The van der Waals surface area contributed by atoms with Gasteiger partial charge in [-0.2, -0.15) is 0 Å². The quantitative estimate of drug-likeness (QED) is 0.479. The van der Waals surface area contributed by atoms with Gasteiger partial charge in [-0.25, -0.2) is 4.79 Å². The maximum absolute atomic E-state index is 12.2. The van der Waals surface area contributed by atoms with Crippen LogP contribution in [0, 0.1) is 0 Å². The summed E-state index contributed by atoms with van der Waals surface area (Å²) in [6.07, 6.45) is -0.579. The summed E-state index contributed by atoms with van der Waals surface area (Å²) in [4.78, 5) is 12.2. The van der Waals surface area contributed by atoms with Crippen LogP contribution in [-0.2, 0) is 21.2 Å². The average Bonchev–Trinajstić information content (AvgIpc) is 2.83. The van der Waals surface area contributed by atoms with E-state index in [2.05, 4.69) is 62.5 Å². The molecular weight excluding hydrogens is 430 g/mol. The zero-order chi connectivity index (χ0) is 23.7. The minimum absolute atomic E-state index is 0.0745. The third-order valence-electron chi connectivity index (χ3n) is 5.23. The molecule has 1 unspecified atom stereocenters. The van der Waals surface area contributed by atoms with Crippen LogP contribution in [-0.4, -0.2) is 39.5 Å². The van der Waals surface area contributed by atoms with Crippen molar-refractivity contribution in [1.29, 1.82) is 0 Å². The van der Waals surface area contributed by atoms with E-state index in [0.717, 1.165) is 15.9 Å². The summed E-state index contributed by atoms with van der Waals surface area (Å²) < 4.78 is 11.6. The summed E-state index contributed by atoms with van der Waals surface area (Å²) >= 11 is 0. The van der Waals surface area contributed by atoms with Gasteiger partial charge in [-0.3, -0.25) is 0 Å². The Labute approximate surface area is 198 Å². The van der Waals surface area contributed by atoms with E-state index in [1.54, 1.807) is 0 Å². The number of aliphatic hydroxyl groups excluding tert-OH is 1. The molecule has 1 radical (unpaired) electrons. The summed E-state index contributed by atoms with van der Waals surface area (Å²) in [5, 5.41) is 14.7. The van der Waals surface area contributed by atoms with E-state index in [-0.39, 0.29) is 25.2 Å². The third-order valence-corrected chi connectivity index (χ3v) is 7.40. The summed E-state index contributed by atoms with van der Waals surface area (Å²) in [5.41, 5.74) is 2.24. The van der Waals surface area contributed by atoms with Crippen molar-refractivity contribution >= 4 is 25.5 Å². The van der Waals surface area contributed by atoms with Crippen molar-refractivity contribution in [2.24, 2.45) is 0 Å². The van der Waals surface area contributed by atoms with Crippen molar-refractivity contribution in [1.82, 2.24) is 5.32 Å². The van der Waals surface area contributed by atoms with Crippen LogP contribution in [0.4, 0.5) is 4.79 Å². The number of aliphatic hydroxyl groups is 1. The van der Waals surface area contributed by atoms with Crippen LogP contribution in [0.1, 0.15) is 31.9 Å². The number of benzene rings is 3. The smallest absolute Gasteiger partial charge is 0.407 e. The Balaban J connectivity index is 1.64. The van der Waals surface area contributed by atoms with Crippen LogP contribution in [0.5, 0.6) is 0 Å². The molecule has 3 aromatic carbocycles. The lowest BCUT2D eigenvalue weighted by atomic mass is 9.87. The SMILES string of the molecule is CC(C)(C)c1ccc([Si](OCC(CO)NC(=O)OCc2ccccc2)c2ccccc2)cc1. The summed E-state index contributed by atoms with van der Waals surface area (Å²) in [6, 6.07) is 27.5. The van der Waals surface area contributed by atoms with Crippen LogP contribution in [0.3, 0.4) is 0 Å². The van der Waals surface area contributed by atoms with E-state index >= 15 is 0 Å². The van der Waals surface area contributed by atoms with Crippen LogP contribution in [0.15, 0.2) is 84.9 Å². The van der Waals surface area contributed by atoms with Gasteiger partial charge in [0, 0.05) is 0 Å². The Kier molecular flexibility index (Phi) is 8.83. The number of hydrogen-bond donors (Lipinski definition) is 2. The second-order valence-corrected chi connectivity index (χ2v) is 11.0. The molecule has 0 aliphatic rings. The molecule has 0 saturated carbocycles. The molecule has 33 heavy (non-hydrogen) atoms. The highest BCUT2D eigenvalue weighted by Crippen LogP contribution is 2.20. The molecular formula is C27H32NO4Si. The number of carbonyl (C=O) groups is 1. The van der Waals surface area contributed by atoms with E-state index in [9.17, 15) is 9.90 Å². The Morgan fingerprint density at radius 2 is 1.48 bits per heavy atom. The fraction of sp³-hybridized carbons (Fsp3) is 0.296. The van der Waals surface area contributed by atoms with Gasteiger partial charge in [0.25, 0.3) is 9.04 Å². The van der Waals surface area contributed by atoms with Crippen LogP contribution in [0.2, 0.25) is 0 Å². The van der Waals surface area contributed by atoms with Gasteiger partial charge in [-0.05, 0) is 26.9 Å². The molecule has 5 nitrogen and oxygen atoms in total. The predicted octanol–water partition coefficient (Wildman–Crippen LogP) is 3.39. The van der Waals surface area contributed by atoms with Crippen molar-refractivity contribution < 1.29 is 19.1 Å². The highest BCUT2D eigenvalue weighted by atomic mass is 28.3. The Hall–Kier alpha value is -2.93. The standard InChI is InChI=1S/C27H32NO4Si/c1-27(2,3)22-14-16-25(17-15-22)33(24-12-8-5-9-13-24)32-20-23(18-29)28-26(30)31-19-21-10-6-4-7-11-21/h4-17,23,29H,18-20H2,1-3H3,(H,28,30). The first-order valence-electron chi connectivity index (χ1n) is 11.1. The lowest BCUT2D eigenvalue weighted by Gasteiger charge is -2.23. The lowest BCUT2D eigenvalue weighted by molar-refractivity contribution is 0.120. The molecule has 0 aromatic heterocycles. The Morgan fingerprint density at radius 3 is 2.06 bits per heavy atom. The van der Waals surface area contributed by atoms with Crippen molar-refractivity contribution in [2.75, 3.05) is 13.2 Å². The molecule has 3 rings (SSSR count). The predicted molar refractivity (Wildman–Crippen MR) is 133 cm³/mol. The average molecular weight is 463 g/mol. The molecule has 0 aliphatic heterocycles. The number of rotatable bonds is 9. The zero-order valence-corrected chi connectivity index (χ0v) is 20.5. The number of nitrogens with one attached hydrogen (secondary N) is 1. The minimum Gasteiger partial charge on any atom is -0.445 e. The van der Waals surface area contributed by atoms with Crippen molar-refractivity contribution in [3.63, 3.8) is 0 Å². The van der Waals surface area contributed by atoms with Crippen molar-refractivity contribution in [3.05, 3.63) is 96.1 Å². The highest BCUT2D eigenvalue weighted by molar-refractivity contribution is 6.80. The maximum atomic E-state index is 12.2. The Bertz CT molecular complexity index is 988. The topological polar surface area (TPSA) is 67.8 Å². The third kappa shape index (κ3) is 7.56. The van der Waals surface area contributed by atoms with Gasteiger partial charge in [-0.15, -0.1) is 0 Å². The van der Waals surface area contributed by atoms with E-state index in [4.69, 9.17) is 9.16 Å². The van der Waals surface area contributed by atoms with Crippen molar-refractivity contribution in [3.8, 4) is 0 Å². The summed E-state index contributed by atoms with van der Waals surface area (Å²) in [7, 11) is -1.56. The molecule has 1 atom stereocenters. The molecule has 173 valence electrons. The van der Waals surface area contributed by atoms with Gasteiger partial charge >= 0.3 is 6.09 Å². The number of amides is 1. The summed E-state index contributed by atoms with van der Waals surface area (Å²) in [5.74, 6) is 0. The zero-order valence-electron chi connectivity index (χ0n) is 19.5. The number of alkyl carbamates (subject to hydrolysis) is 1. The van der Waals surface area contributed by atoms with E-state index in [0.29, 0.717) is 0 Å². The van der Waals surface area contributed by atoms with Gasteiger partial charge in [0.05, 0.1) is 19.3 Å². The van der Waals surface area contributed by atoms with E-state index in [1.165, 1.54) is 5.56 Å². The van der Waals surface area contributed by atoms with E-state index in [1.807, 2.05) is 48.5 Å². The molecule has 0 aliphatic carbocycles. The fourth-order valence-electron chi connectivity index (χ4n) is 3.30. The molecule has 0 spiro atoms. The van der Waals surface area contributed by atoms with Crippen LogP contribution in [0.25, 0.3) is 0 Å². The number of carbonyl (C=O) groups excluding carboxylic acids is 1. The van der Waals surface area contributed by atoms with Crippen molar-refractivity contribution in [2.45, 2.75) is 38.8 Å². The second kappa shape index (κ2) is 11.8. The molecule has 0 bridgehead atoms. The number of hydrogen-bond acceptors (Lipinski definition) is 4. The maximum Gasteiger partial charge on any atom is 0.407 e. The van der Waals surface area contributed by atoms with Gasteiger partial charge in [-0.1, -0.05) is 106 Å². The second-order valence-electron chi connectivity index (χ2n) is 8.92. The first-order chi connectivity index (χ1) is 15.9. The minimum atomic E-state index is -1.56. The fourth-order valence-corrected chi connectivity index (χ4v) is 5.30. The molecule has 0 fully saturated rings. The number of ether oxygens (including phenoxy) is 1. The molecule has 0 heterocycles. The van der Waals surface area contributed by atoms with Crippen LogP contribution >= 0.6 is 0 Å². The van der Waals surface area contributed by atoms with Gasteiger partial charge in [0.2, 0.25) is 0 Å². The first kappa shape index (κ1) is 24.7. The largest absolute Gasteiger partial charge is 0.445 e. The van der Waals surface area contributed by atoms with Gasteiger partial charge < -0.3 is 19.6 Å².